The molecular weight excluding hydrogens is 399 g/mol. The van der Waals surface area contributed by atoms with Crippen LogP contribution in [0.3, 0.4) is 0 Å². The van der Waals surface area contributed by atoms with Gasteiger partial charge in [-0.05, 0) is 37.3 Å². The van der Waals surface area contributed by atoms with Gasteiger partial charge in [-0.25, -0.2) is 0 Å². The lowest BCUT2D eigenvalue weighted by atomic mass is 10.2. The highest BCUT2D eigenvalue weighted by molar-refractivity contribution is 14.0. The van der Waals surface area contributed by atoms with Crippen molar-refractivity contribution in [3.05, 3.63) is 30.3 Å². The van der Waals surface area contributed by atoms with Crippen molar-refractivity contribution in [1.29, 1.82) is 0 Å². The van der Waals surface area contributed by atoms with Gasteiger partial charge in [-0.3, -0.25) is 4.99 Å². The summed E-state index contributed by atoms with van der Waals surface area (Å²) in [4.78, 5) is 6.85. The van der Waals surface area contributed by atoms with Crippen molar-refractivity contribution in [1.82, 2.24) is 10.6 Å². The third kappa shape index (κ3) is 4.99. The van der Waals surface area contributed by atoms with E-state index in [0.29, 0.717) is 12.1 Å². The van der Waals surface area contributed by atoms with Gasteiger partial charge in [0.1, 0.15) is 0 Å². The number of hydrogen-bond donors (Lipinski definition) is 2. The molecule has 128 valence electrons. The van der Waals surface area contributed by atoms with Gasteiger partial charge in [0.15, 0.2) is 5.96 Å². The topological polar surface area (TPSA) is 39.7 Å². The van der Waals surface area contributed by atoms with E-state index in [9.17, 15) is 0 Å². The van der Waals surface area contributed by atoms with E-state index in [2.05, 4.69) is 57.8 Å². The highest BCUT2D eigenvalue weighted by atomic mass is 127. The molecule has 3 rings (SSSR count). The Labute approximate surface area is 157 Å². The third-order valence-electron chi connectivity index (χ3n) is 4.78. The molecule has 4 nitrogen and oxygen atoms in total. The summed E-state index contributed by atoms with van der Waals surface area (Å²) in [7, 11) is 1.87. The molecule has 0 bridgehead atoms. The molecule has 1 aliphatic carbocycles. The van der Waals surface area contributed by atoms with Gasteiger partial charge in [0.2, 0.25) is 0 Å². The summed E-state index contributed by atoms with van der Waals surface area (Å²) in [6, 6.07) is 11.8. The minimum atomic E-state index is 0. The number of rotatable bonds is 5. The maximum atomic E-state index is 4.40. The van der Waals surface area contributed by atoms with Crippen molar-refractivity contribution >= 4 is 35.6 Å². The minimum absolute atomic E-state index is 0. The predicted molar refractivity (Wildman–Crippen MR) is 109 cm³/mol. The highest BCUT2D eigenvalue weighted by Gasteiger charge is 2.37. The number of nitrogens with zero attached hydrogens (tertiary/aromatic N) is 2. The highest BCUT2D eigenvalue weighted by Crippen LogP contribution is 2.34. The van der Waals surface area contributed by atoms with Crippen LogP contribution in [0.4, 0.5) is 5.69 Å². The van der Waals surface area contributed by atoms with Crippen LogP contribution in [0.15, 0.2) is 35.3 Å². The Morgan fingerprint density at radius 1 is 1.26 bits per heavy atom. The van der Waals surface area contributed by atoms with Gasteiger partial charge in [-0.2, -0.15) is 0 Å². The van der Waals surface area contributed by atoms with Crippen LogP contribution in [0.2, 0.25) is 0 Å². The van der Waals surface area contributed by atoms with Crippen LogP contribution < -0.4 is 15.5 Å². The number of aliphatic imine (C=N–C) groups is 1. The maximum absolute atomic E-state index is 4.40. The standard InChI is InChI=1S/C18H28N4.HI/c1-3-7-14-12-17(14)21-18(19-2)20-15-10-11-22(13-15)16-8-5-4-6-9-16;/h4-6,8-9,14-15,17H,3,7,10-13H2,1-2H3,(H2,19,20,21);1H. The van der Waals surface area contributed by atoms with Crippen LogP contribution in [0.1, 0.15) is 32.6 Å². The summed E-state index contributed by atoms with van der Waals surface area (Å²) in [5.74, 6) is 1.83. The first-order valence-corrected chi connectivity index (χ1v) is 8.60. The number of guanidine groups is 1. The molecule has 3 unspecified atom stereocenters. The largest absolute Gasteiger partial charge is 0.369 e. The fraction of sp³-hybridized carbons (Fsp3) is 0.611. The summed E-state index contributed by atoms with van der Waals surface area (Å²) in [5.41, 5.74) is 1.32. The lowest BCUT2D eigenvalue weighted by Crippen LogP contribution is -2.45. The van der Waals surface area contributed by atoms with Crippen molar-refractivity contribution in [2.75, 3.05) is 25.0 Å². The molecule has 0 spiro atoms. The first kappa shape index (κ1) is 18.4. The summed E-state index contributed by atoms with van der Waals surface area (Å²) in [6.07, 6.45) is 5.08. The molecule has 1 aromatic rings. The van der Waals surface area contributed by atoms with Crippen molar-refractivity contribution < 1.29 is 0 Å². The van der Waals surface area contributed by atoms with Crippen LogP contribution in [0, 0.1) is 5.92 Å². The summed E-state index contributed by atoms with van der Waals surface area (Å²) in [6.45, 7) is 4.42. The fourth-order valence-electron chi connectivity index (χ4n) is 3.41. The van der Waals surface area contributed by atoms with Gasteiger partial charge < -0.3 is 15.5 Å². The molecule has 2 aliphatic rings. The molecule has 5 heteroatoms. The second-order valence-electron chi connectivity index (χ2n) is 6.52. The van der Waals surface area contributed by atoms with E-state index in [4.69, 9.17) is 0 Å². The molecule has 0 radical (unpaired) electrons. The van der Waals surface area contributed by atoms with Crippen LogP contribution in [0.25, 0.3) is 0 Å². The SMILES string of the molecule is CCCC1CC1NC(=NC)NC1CCN(c2ccccc2)C1.I. The Balaban J connectivity index is 0.00000192. The molecule has 1 aromatic carbocycles. The molecule has 2 fully saturated rings. The predicted octanol–water partition coefficient (Wildman–Crippen LogP) is 3.24. The van der Waals surface area contributed by atoms with Gasteiger partial charge >= 0.3 is 0 Å². The zero-order valence-corrected chi connectivity index (χ0v) is 16.5. The van der Waals surface area contributed by atoms with Gasteiger partial charge in [0.25, 0.3) is 0 Å². The minimum Gasteiger partial charge on any atom is -0.369 e. The Hall–Kier alpha value is -0.980. The molecule has 1 saturated carbocycles. The quantitative estimate of drug-likeness (QED) is 0.430. The molecule has 0 aromatic heterocycles. The third-order valence-corrected chi connectivity index (χ3v) is 4.78. The first-order valence-electron chi connectivity index (χ1n) is 8.60. The fourth-order valence-corrected chi connectivity index (χ4v) is 3.41. The lowest BCUT2D eigenvalue weighted by molar-refractivity contribution is 0.625. The van der Waals surface area contributed by atoms with E-state index in [-0.39, 0.29) is 24.0 Å². The molecule has 23 heavy (non-hydrogen) atoms. The summed E-state index contributed by atoms with van der Waals surface area (Å²) in [5, 5.41) is 7.17. The maximum Gasteiger partial charge on any atom is 0.191 e. The number of para-hydroxylation sites is 1. The molecule has 1 saturated heterocycles. The monoisotopic (exact) mass is 428 g/mol. The van der Waals surface area contributed by atoms with E-state index in [1.54, 1.807) is 0 Å². The molecule has 0 amide bonds. The smallest absolute Gasteiger partial charge is 0.191 e. The molecular formula is C18H29IN4. The first-order chi connectivity index (χ1) is 10.8. The van der Waals surface area contributed by atoms with E-state index >= 15 is 0 Å². The van der Waals surface area contributed by atoms with Gasteiger partial charge in [0.05, 0.1) is 0 Å². The average Bonchev–Trinajstić information content (AvgIpc) is 3.10. The van der Waals surface area contributed by atoms with Gasteiger partial charge in [0, 0.05) is 37.9 Å². The Kier molecular flexibility index (Phi) is 6.99. The van der Waals surface area contributed by atoms with Crippen LogP contribution in [-0.4, -0.2) is 38.2 Å². The Morgan fingerprint density at radius 3 is 2.74 bits per heavy atom. The van der Waals surface area contributed by atoms with E-state index < -0.39 is 0 Å². The summed E-state index contributed by atoms with van der Waals surface area (Å²) < 4.78 is 0. The van der Waals surface area contributed by atoms with Crippen molar-refractivity contribution in [2.45, 2.75) is 44.7 Å². The zero-order valence-electron chi connectivity index (χ0n) is 14.2. The van der Waals surface area contributed by atoms with E-state index in [1.807, 2.05) is 7.05 Å². The number of hydrogen-bond acceptors (Lipinski definition) is 2. The summed E-state index contributed by atoms with van der Waals surface area (Å²) >= 11 is 0. The van der Waals surface area contributed by atoms with E-state index in [1.165, 1.54) is 31.4 Å². The molecule has 1 aliphatic heterocycles. The number of nitrogens with one attached hydrogen (secondary N) is 2. The van der Waals surface area contributed by atoms with Gasteiger partial charge in [-0.15, -0.1) is 24.0 Å². The van der Waals surface area contributed by atoms with Crippen LogP contribution in [0.5, 0.6) is 0 Å². The number of benzene rings is 1. The van der Waals surface area contributed by atoms with Crippen molar-refractivity contribution in [3.63, 3.8) is 0 Å². The van der Waals surface area contributed by atoms with Crippen LogP contribution >= 0.6 is 24.0 Å². The van der Waals surface area contributed by atoms with Crippen LogP contribution in [-0.2, 0) is 0 Å². The molecule has 3 atom stereocenters. The number of halogens is 1. The van der Waals surface area contributed by atoms with Crippen molar-refractivity contribution in [3.8, 4) is 0 Å². The number of anilines is 1. The normalized spacial score (nSPS) is 26.6. The Morgan fingerprint density at radius 2 is 2.04 bits per heavy atom. The van der Waals surface area contributed by atoms with Crippen molar-refractivity contribution in [2.24, 2.45) is 10.9 Å². The second kappa shape index (κ2) is 8.76. The zero-order chi connectivity index (χ0) is 15.4. The molecule has 1 heterocycles. The van der Waals surface area contributed by atoms with E-state index in [0.717, 1.165) is 25.0 Å². The second-order valence-corrected chi connectivity index (χ2v) is 6.52. The average molecular weight is 428 g/mol. The van der Waals surface area contributed by atoms with Gasteiger partial charge in [-0.1, -0.05) is 31.5 Å². The Bertz CT molecular complexity index is 505. The lowest BCUT2D eigenvalue weighted by Gasteiger charge is -2.20. The molecule has 2 N–H and O–H groups in total.